The van der Waals surface area contributed by atoms with Gasteiger partial charge in [-0.15, -0.1) is 24.8 Å². The highest BCUT2D eigenvalue weighted by atomic mass is 35.5. The van der Waals surface area contributed by atoms with Crippen LogP contribution in [0.5, 0.6) is 5.75 Å². The van der Waals surface area contributed by atoms with E-state index in [1.165, 1.54) is 0 Å². The summed E-state index contributed by atoms with van der Waals surface area (Å²) in [5.41, 5.74) is 8.84. The van der Waals surface area contributed by atoms with Crippen molar-refractivity contribution in [1.82, 2.24) is 5.32 Å². The van der Waals surface area contributed by atoms with Gasteiger partial charge >= 0.3 is 0 Å². The third kappa shape index (κ3) is 5.97. The fraction of sp³-hybridized carbons (Fsp3) is 0.346. The van der Waals surface area contributed by atoms with Gasteiger partial charge in [-0.25, -0.2) is 8.42 Å². The molecule has 200 valence electrons. The topological polar surface area (TPSA) is 118 Å². The quantitative estimate of drug-likeness (QED) is 0.296. The summed E-state index contributed by atoms with van der Waals surface area (Å²) in [5.74, 6) is 0.717. The van der Waals surface area contributed by atoms with E-state index in [0.717, 1.165) is 35.0 Å². The molecule has 0 radical (unpaired) electrons. The van der Waals surface area contributed by atoms with Gasteiger partial charge in [0.2, 0.25) is 10.0 Å². The molecule has 0 amide bonds. The van der Waals surface area contributed by atoms with E-state index in [1.807, 2.05) is 54.6 Å². The molecule has 1 fully saturated rings. The molecule has 0 aromatic heterocycles. The van der Waals surface area contributed by atoms with Gasteiger partial charge in [-0.3, -0.25) is 9.71 Å². The highest BCUT2D eigenvalue weighted by Crippen LogP contribution is 2.44. The number of anilines is 1. The molecule has 11 heteroatoms. The summed E-state index contributed by atoms with van der Waals surface area (Å²) >= 11 is 0. The standard InChI is InChI=1S/C26H30N4O4S.2ClH/c1-2-35(31,32)30-24-8-7-22(34-16-23-15-29-9-10-33-23)13-21(24)14-25(30)18-5-3-17-4-6-19(26(27)28)12-20(17)11-18;;/h3-8,11-13,23,25,29H,2,9-10,14-16H2,1H3,(H3,27,28);2*1H. The van der Waals surface area contributed by atoms with Crippen LogP contribution in [0.4, 0.5) is 5.69 Å². The molecule has 5 rings (SSSR count). The first-order valence-electron chi connectivity index (χ1n) is 11.8. The van der Waals surface area contributed by atoms with Crippen molar-refractivity contribution >= 4 is 57.1 Å². The second kappa shape index (κ2) is 11.9. The van der Waals surface area contributed by atoms with E-state index in [0.29, 0.717) is 36.6 Å². The first-order chi connectivity index (χ1) is 16.9. The normalized spacial score (nSPS) is 19.0. The van der Waals surface area contributed by atoms with Gasteiger partial charge in [0.15, 0.2) is 0 Å². The maximum atomic E-state index is 13.2. The van der Waals surface area contributed by atoms with Crippen LogP contribution in [0, 0.1) is 5.41 Å². The number of ether oxygens (including phenoxy) is 2. The van der Waals surface area contributed by atoms with E-state index < -0.39 is 10.0 Å². The van der Waals surface area contributed by atoms with Crippen LogP contribution in [-0.2, 0) is 21.2 Å². The number of amidine groups is 1. The maximum Gasteiger partial charge on any atom is 0.235 e. The van der Waals surface area contributed by atoms with E-state index in [2.05, 4.69) is 5.32 Å². The molecule has 2 aliphatic heterocycles. The van der Waals surface area contributed by atoms with Gasteiger partial charge in [0, 0.05) is 25.1 Å². The summed E-state index contributed by atoms with van der Waals surface area (Å²) in [6, 6.07) is 16.8. The first kappa shape index (κ1) is 29.0. The van der Waals surface area contributed by atoms with Crippen molar-refractivity contribution in [2.24, 2.45) is 5.73 Å². The Balaban J connectivity index is 0.00000190. The number of nitrogens with one attached hydrogen (secondary N) is 2. The molecule has 0 aliphatic carbocycles. The summed E-state index contributed by atoms with van der Waals surface area (Å²) in [6.45, 7) is 4.38. The second-order valence-electron chi connectivity index (χ2n) is 8.95. The van der Waals surface area contributed by atoms with Crippen molar-refractivity contribution in [3.63, 3.8) is 0 Å². The molecule has 2 heterocycles. The van der Waals surface area contributed by atoms with Crippen LogP contribution in [0.3, 0.4) is 0 Å². The highest BCUT2D eigenvalue weighted by molar-refractivity contribution is 7.92. The monoisotopic (exact) mass is 566 g/mol. The average Bonchev–Trinajstić information content (AvgIpc) is 3.27. The van der Waals surface area contributed by atoms with E-state index in [-0.39, 0.29) is 48.5 Å². The third-order valence-corrected chi connectivity index (χ3v) is 8.43. The minimum atomic E-state index is -3.52. The Morgan fingerprint density at radius 2 is 1.92 bits per heavy atom. The van der Waals surface area contributed by atoms with Crippen molar-refractivity contribution in [3.8, 4) is 5.75 Å². The highest BCUT2D eigenvalue weighted by Gasteiger charge is 2.38. The fourth-order valence-electron chi connectivity index (χ4n) is 4.78. The van der Waals surface area contributed by atoms with Crippen molar-refractivity contribution < 1.29 is 17.9 Å². The van der Waals surface area contributed by atoms with Crippen LogP contribution < -0.4 is 20.1 Å². The third-order valence-electron chi connectivity index (χ3n) is 6.65. The maximum absolute atomic E-state index is 13.2. The molecule has 3 aromatic rings. The molecule has 2 unspecified atom stereocenters. The lowest BCUT2D eigenvalue weighted by Crippen LogP contribution is -2.41. The Labute approximate surface area is 229 Å². The van der Waals surface area contributed by atoms with Gasteiger partial charge in [0.1, 0.15) is 24.3 Å². The number of fused-ring (bicyclic) bond motifs is 2. The molecule has 2 aliphatic rings. The number of benzene rings is 3. The number of rotatable bonds is 7. The molecule has 1 saturated heterocycles. The van der Waals surface area contributed by atoms with Crippen LogP contribution in [0.1, 0.15) is 29.7 Å². The molecular weight excluding hydrogens is 535 g/mol. The second-order valence-corrected chi connectivity index (χ2v) is 11.1. The van der Waals surface area contributed by atoms with E-state index in [1.54, 1.807) is 11.2 Å². The Bertz CT molecular complexity index is 1380. The van der Waals surface area contributed by atoms with Gasteiger partial charge in [-0.05, 0) is 59.2 Å². The van der Waals surface area contributed by atoms with Crippen molar-refractivity contribution in [2.75, 3.05) is 36.4 Å². The van der Waals surface area contributed by atoms with E-state index >= 15 is 0 Å². The summed E-state index contributed by atoms with van der Waals surface area (Å²) in [4.78, 5) is 0. The predicted octanol–water partition coefficient (Wildman–Crippen LogP) is 3.79. The molecule has 8 nitrogen and oxygen atoms in total. The zero-order valence-electron chi connectivity index (χ0n) is 20.5. The number of nitrogens with zero attached hydrogens (tertiary/aromatic N) is 1. The zero-order valence-corrected chi connectivity index (χ0v) is 22.9. The van der Waals surface area contributed by atoms with Crippen LogP contribution >= 0.6 is 24.8 Å². The number of nitrogens with two attached hydrogens (primary N) is 1. The number of hydrogen-bond acceptors (Lipinski definition) is 6. The van der Waals surface area contributed by atoms with Gasteiger partial charge in [-0.2, -0.15) is 0 Å². The minimum Gasteiger partial charge on any atom is -0.491 e. The lowest BCUT2D eigenvalue weighted by atomic mass is 9.98. The summed E-state index contributed by atoms with van der Waals surface area (Å²) in [6.07, 6.45) is 0.546. The number of nitrogen functional groups attached to an aromatic ring is 1. The van der Waals surface area contributed by atoms with Crippen LogP contribution in [0.15, 0.2) is 54.6 Å². The lowest BCUT2D eigenvalue weighted by molar-refractivity contribution is 0.000187. The van der Waals surface area contributed by atoms with Crippen LogP contribution in [0.2, 0.25) is 0 Å². The van der Waals surface area contributed by atoms with E-state index in [9.17, 15) is 8.42 Å². The molecule has 4 N–H and O–H groups in total. The van der Waals surface area contributed by atoms with Crippen molar-refractivity contribution in [2.45, 2.75) is 25.5 Å². The smallest absolute Gasteiger partial charge is 0.235 e. The largest absolute Gasteiger partial charge is 0.491 e. The Morgan fingerprint density at radius 3 is 2.62 bits per heavy atom. The Hall–Kier alpha value is -2.56. The van der Waals surface area contributed by atoms with Gasteiger partial charge in [-0.1, -0.05) is 24.3 Å². The van der Waals surface area contributed by atoms with Crippen LogP contribution in [0.25, 0.3) is 10.8 Å². The van der Waals surface area contributed by atoms with Crippen molar-refractivity contribution in [3.05, 3.63) is 71.3 Å². The average molecular weight is 568 g/mol. The van der Waals surface area contributed by atoms with Crippen LogP contribution in [-0.4, -0.2) is 52.4 Å². The number of halogens is 2. The summed E-state index contributed by atoms with van der Waals surface area (Å²) in [7, 11) is -3.52. The summed E-state index contributed by atoms with van der Waals surface area (Å²) in [5, 5.41) is 13.0. The molecule has 0 bridgehead atoms. The molecule has 2 atom stereocenters. The van der Waals surface area contributed by atoms with Gasteiger partial charge in [0.05, 0.1) is 24.1 Å². The minimum absolute atomic E-state index is 0. The number of morpholine rings is 1. The predicted molar refractivity (Wildman–Crippen MR) is 152 cm³/mol. The van der Waals surface area contributed by atoms with Crippen molar-refractivity contribution in [1.29, 1.82) is 5.41 Å². The fourth-order valence-corrected chi connectivity index (χ4v) is 6.12. The molecular formula is C26H32Cl2N4O4S. The number of hydrogen-bond donors (Lipinski definition) is 3. The zero-order chi connectivity index (χ0) is 24.6. The first-order valence-corrected chi connectivity index (χ1v) is 13.4. The molecule has 37 heavy (non-hydrogen) atoms. The van der Waals surface area contributed by atoms with Gasteiger partial charge in [0.25, 0.3) is 0 Å². The van der Waals surface area contributed by atoms with E-state index in [4.69, 9.17) is 20.6 Å². The molecule has 3 aromatic carbocycles. The summed E-state index contributed by atoms with van der Waals surface area (Å²) < 4.78 is 39.6. The molecule has 0 spiro atoms. The number of sulfonamides is 1. The molecule has 0 saturated carbocycles. The SMILES string of the molecule is CCS(=O)(=O)N1c2ccc(OCC3CNCCO3)cc2CC1c1ccc2ccc(C(=N)N)cc2c1.Cl.Cl. The lowest BCUT2D eigenvalue weighted by Gasteiger charge is -2.27. The Kier molecular flexibility index (Phi) is 9.31. The Morgan fingerprint density at radius 1 is 1.14 bits per heavy atom. The van der Waals surface area contributed by atoms with Gasteiger partial charge < -0.3 is 20.5 Å².